The van der Waals surface area contributed by atoms with E-state index in [0.29, 0.717) is 17.6 Å². The fraction of sp³-hybridized carbons (Fsp3) is 0.517. The fourth-order valence-electron chi connectivity index (χ4n) is 5.03. The summed E-state index contributed by atoms with van der Waals surface area (Å²) in [6.45, 7) is 8.55. The third kappa shape index (κ3) is 6.77. The number of esters is 1. The van der Waals surface area contributed by atoms with Crippen molar-refractivity contribution in [2.45, 2.75) is 89.4 Å². The largest absolute Gasteiger partial charge is 0.458 e. The van der Waals surface area contributed by atoms with E-state index in [-0.39, 0.29) is 42.3 Å². The highest BCUT2D eigenvalue weighted by Crippen LogP contribution is 2.38. The zero-order chi connectivity index (χ0) is 30.9. The van der Waals surface area contributed by atoms with Gasteiger partial charge in [0, 0.05) is 17.9 Å². The van der Waals surface area contributed by atoms with E-state index in [1.165, 1.54) is 30.5 Å². The van der Waals surface area contributed by atoms with Crippen LogP contribution in [0.25, 0.3) is 10.9 Å². The molecule has 1 aromatic carbocycles. The van der Waals surface area contributed by atoms with Crippen LogP contribution in [-0.2, 0) is 19.8 Å². The van der Waals surface area contributed by atoms with Crippen molar-refractivity contribution in [3.63, 3.8) is 0 Å². The highest BCUT2D eigenvalue weighted by molar-refractivity contribution is 5.91. The molecule has 0 amide bonds. The Morgan fingerprint density at radius 1 is 1.26 bits per heavy atom. The first kappa shape index (κ1) is 31.1. The van der Waals surface area contributed by atoms with Crippen LogP contribution in [0, 0.1) is 11.3 Å². The maximum Gasteiger partial charge on any atom is 0.407 e. The van der Waals surface area contributed by atoms with Gasteiger partial charge in [0.05, 0.1) is 30.2 Å². The van der Waals surface area contributed by atoms with E-state index in [4.69, 9.17) is 9.47 Å². The van der Waals surface area contributed by atoms with Crippen LogP contribution in [0.2, 0.25) is 0 Å². The van der Waals surface area contributed by atoms with Crippen molar-refractivity contribution in [1.29, 1.82) is 5.26 Å². The number of aromatic nitrogens is 3. The number of fused-ring (bicyclic) bond motifs is 1. The molecule has 3 N–H and O–H groups in total. The molecule has 42 heavy (non-hydrogen) atoms. The quantitative estimate of drug-likeness (QED) is 0.306. The SMILES string of the molecule is CC(C)N[C@@H](c1ccc(Nc2nn([C@]3(CC#N)CC[C@@H](C(=O)OC(C)(C)C)OC3)c3cc[nH]c(=O)c23)cc1)C(F)(F)F. The monoisotopic (exact) mass is 588 g/mol. The Bertz CT molecular complexity index is 1510. The molecule has 10 nitrogen and oxygen atoms in total. The number of rotatable bonds is 8. The average molecular weight is 589 g/mol. The second kappa shape index (κ2) is 11.8. The number of pyridine rings is 1. The molecule has 3 heterocycles. The Balaban J connectivity index is 1.66. The van der Waals surface area contributed by atoms with Crippen LogP contribution in [0.4, 0.5) is 24.7 Å². The number of alkyl halides is 3. The summed E-state index contributed by atoms with van der Waals surface area (Å²) in [7, 11) is 0. The van der Waals surface area contributed by atoms with Crippen LogP contribution >= 0.6 is 0 Å². The number of halogens is 3. The highest BCUT2D eigenvalue weighted by atomic mass is 19.4. The number of carbonyl (C=O) groups is 1. The fourth-order valence-corrected chi connectivity index (χ4v) is 5.03. The molecule has 4 rings (SSSR count). The molecule has 3 aromatic rings. The minimum absolute atomic E-state index is 0.00651. The molecule has 0 spiro atoms. The lowest BCUT2D eigenvalue weighted by Gasteiger charge is -2.39. The minimum atomic E-state index is -4.49. The Hall–Kier alpha value is -3.89. The second-order valence-electron chi connectivity index (χ2n) is 11.8. The molecule has 0 radical (unpaired) electrons. The van der Waals surface area contributed by atoms with Crippen LogP contribution in [0.15, 0.2) is 41.3 Å². The van der Waals surface area contributed by atoms with Gasteiger partial charge in [0.2, 0.25) is 0 Å². The number of hydrogen-bond acceptors (Lipinski definition) is 8. The van der Waals surface area contributed by atoms with Gasteiger partial charge in [-0.2, -0.15) is 23.5 Å². The van der Waals surface area contributed by atoms with E-state index in [0.717, 1.165) is 0 Å². The summed E-state index contributed by atoms with van der Waals surface area (Å²) >= 11 is 0. The summed E-state index contributed by atoms with van der Waals surface area (Å²) in [6, 6.07) is 7.30. The van der Waals surface area contributed by atoms with Crippen molar-refractivity contribution in [2.75, 3.05) is 11.9 Å². The topological polar surface area (TPSA) is 134 Å². The zero-order valence-electron chi connectivity index (χ0n) is 24.1. The van der Waals surface area contributed by atoms with Gasteiger partial charge in [-0.1, -0.05) is 26.0 Å². The number of H-pyrrole nitrogens is 1. The molecule has 226 valence electrons. The van der Waals surface area contributed by atoms with E-state index in [9.17, 15) is 28.0 Å². The van der Waals surface area contributed by atoms with Crippen LogP contribution in [0.3, 0.4) is 0 Å². The number of carbonyl (C=O) groups excluding carboxylic acids is 1. The highest BCUT2D eigenvalue weighted by Gasteiger charge is 2.43. The maximum absolute atomic E-state index is 13.7. The Labute approximate surface area is 241 Å². The number of benzene rings is 1. The van der Waals surface area contributed by atoms with E-state index in [1.807, 2.05) is 0 Å². The number of aromatic amines is 1. The Morgan fingerprint density at radius 3 is 2.50 bits per heavy atom. The van der Waals surface area contributed by atoms with Gasteiger partial charge in [-0.25, -0.2) is 4.79 Å². The van der Waals surface area contributed by atoms with Gasteiger partial charge in [-0.15, -0.1) is 0 Å². The first-order valence-electron chi connectivity index (χ1n) is 13.7. The Morgan fingerprint density at radius 2 is 1.95 bits per heavy atom. The molecule has 1 aliphatic heterocycles. The normalized spacial score (nSPS) is 20.3. The predicted octanol–water partition coefficient (Wildman–Crippen LogP) is 5.20. The number of nitrogens with zero attached hydrogens (tertiary/aromatic N) is 3. The van der Waals surface area contributed by atoms with Gasteiger partial charge in [0.15, 0.2) is 11.9 Å². The smallest absolute Gasteiger partial charge is 0.407 e. The minimum Gasteiger partial charge on any atom is -0.458 e. The van der Waals surface area contributed by atoms with Crippen molar-refractivity contribution >= 4 is 28.4 Å². The van der Waals surface area contributed by atoms with Crippen molar-refractivity contribution in [3.8, 4) is 6.07 Å². The van der Waals surface area contributed by atoms with E-state index < -0.39 is 41.0 Å². The molecule has 1 fully saturated rings. The third-order valence-electron chi connectivity index (χ3n) is 6.89. The average Bonchev–Trinajstić information content (AvgIpc) is 3.27. The lowest BCUT2D eigenvalue weighted by molar-refractivity contribution is -0.176. The van der Waals surface area contributed by atoms with Crippen LogP contribution in [0.1, 0.15) is 65.5 Å². The summed E-state index contributed by atoms with van der Waals surface area (Å²) in [6.07, 6.45) is -3.20. The molecule has 1 aliphatic rings. The lowest BCUT2D eigenvalue weighted by atomic mass is 9.87. The molecule has 1 saturated heterocycles. The second-order valence-corrected chi connectivity index (χ2v) is 11.8. The van der Waals surface area contributed by atoms with Crippen LogP contribution in [-0.4, -0.2) is 51.3 Å². The summed E-state index contributed by atoms with van der Waals surface area (Å²) in [4.78, 5) is 28.2. The van der Waals surface area contributed by atoms with E-state index in [1.54, 1.807) is 45.4 Å². The molecule has 2 aromatic heterocycles. The van der Waals surface area contributed by atoms with Gasteiger partial charge in [0.1, 0.15) is 17.0 Å². The molecule has 0 aliphatic carbocycles. The number of nitriles is 1. The van der Waals surface area contributed by atoms with Crippen molar-refractivity contribution in [2.24, 2.45) is 0 Å². The molecular weight excluding hydrogens is 553 g/mol. The van der Waals surface area contributed by atoms with Crippen molar-refractivity contribution in [1.82, 2.24) is 20.1 Å². The molecule has 13 heteroatoms. The van der Waals surface area contributed by atoms with Gasteiger partial charge in [-0.05, 0) is 57.4 Å². The summed E-state index contributed by atoms with van der Waals surface area (Å²) in [5, 5.41) is 20.2. The van der Waals surface area contributed by atoms with Gasteiger partial charge in [-0.3, -0.25) is 9.48 Å². The van der Waals surface area contributed by atoms with Crippen molar-refractivity contribution < 1.29 is 27.4 Å². The lowest BCUT2D eigenvalue weighted by Crippen LogP contribution is -2.47. The Kier molecular flexibility index (Phi) is 8.71. The molecule has 3 atom stereocenters. The first-order valence-corrected chi connectivity index (χ1v) is 13.7. The van der Waals surface area contributed by atoms with E-state index >= 15 is 0 Å². The molecule has 0 saturated carbocycles. The predicted molar refractivity (Wildman–Crippen MR) is 150 cm³/mol. The maximum atomic E-state index is 13.7. The van der Waals surface area contributed by atoms with Gasteiger partial charge in [0.25, 0.3) is 5.56 Å². The standard InChI is InChI=1S/C29H35F3N6O4/c1-17(2)35-23(29(30,31)32)18-6-8-19(9-7-18)36-24-22-20(11-15-34-25(22)39)38(37-24)28(13-14-33)12-10-21(41-16-28)26(40)42-27(3,4)5/h6-9,11,15,17,21,23,35H,10,12-13,16H2,1-5H3,(H,34,39)(H,36,37)/t21-,23-,28-/m0/s1. The third-order valence-corrected chi connectivity index (χ3v) is 6.89. The summed E-state index contributed by atoms with van der Waals surface area (Å²) in [5.41, 5.74) is -1.21. The number of nitrogens with one attached hydrogen (secondary N) is 3. The molecule has 0 bridgehead atoms. The number of anilines is 2. The molecular formula is C29H35F3N6O4. The zero-order valence-corrected chi connectivity index (χ0v) is 24.1. The van der Waals surface area contributed by atoms with Crippen LogP contribution < -0.4 is 16.2 Å². The van der Waals surface area contributed by atoms with Crippen LogP contribution in [0.5, 0.6) is 0 Å². The summed E-state index contributed by atoms with van der Waals surface area (Å²) in [5.74, 6) is -0.323. The van der Waals surface area contributed by atoms with Crippen molar-refractivity contribution in [3.05, 3.63) is 52.4 Å². The first-order chi connectivity index (χ1) is 19.6. The molecule has 0 unspecified atom stereocenters. The number of hydrogen-bond donors (Lipinski definition) is 3. The summed E-state index contributed by atoms with van der Waals surface area (Å²) < 4.78 is 53.9. The van der Waals surface area contributed by atoms with E-state index in [2.05, 4.69) is 26.8 Å². The van der Waals surface area contributed by atoms with Gasteiger partial charge >= 0.3 is 12.1 Å². The number of ether oxygens (including phenoxy) is 2. The van der Waals surface area contributed by atoms with Gasteiger partial charge < -0.3 is 25.1 Å².